The molecule has 2 nitrogen and oxygen atoms in total. The number of aromatic nitrogens is 1. The lowest BCUT2D eigenvalue weighted by molar-refractivity contribution is 0.924. The van der Waals surface area contributed by atoms with Crippen molar-refractivity contribution in [3.05, 3.63) is 24.4 Å². The maximum absolute atomic E-state index is 4.18. The Hall–Kier alpha value is -1.05. The molecule has 0 aliphatic heterocycles. The molecular formula is C9H12N2. The Bertz CT molecular complexity index is 233. The van der Waals surface area contributed by atoms with Gasteiger partial charge in [-0.05, 0) is 24.5 Å². The Morgan fingerprint density at radius 1 is 1.55 bits per heavy atom. The monoisotopic (exact) mass is 148 g/mol. The van der Waals surface area contributed by atoms with Gasteiger partial charge in [0.25, 0.3) is 0 Å². The first-order chi connectivity index (χ1) is 5.36. The Morgan fingerprint density at radius 3 is 2.91 bits per heavy atom. The van der Waals surface area contributed by atoms with Crippen molar-refractivity contribution >= 4 is 5.82 Å². The predicted molar refractivity (Wildman–Crippen MR) is 45.4 cm³/mol. The fourth-order valence-electron chi connectivity index (χ4n) is 1.16. The summed E-state index contributed by atoms with van der Waals surface area (Å²) >= 11 is 0. The van der Waals surface area contributed by atoms with Crippen LogP contribution in [-0.4, -0.2) is 11.0 Å². The van der Waals surface area contributed by atoms with Gasteiger partial charge in [-0.3, -0.25) is 0 Å². The van der Waals surface area contributed by atoms with E-state index in [1.54, 1.807) is 0 Å². The summed E-state index contributed by atoms with van der Waals surface area (Å²) in [6.07, 6.45) is 3.10. The molecule has 1 fully saturated rings. The summed E-state index contributed by atoms with van der Waals surface area (Å²) in [7, 11) is 0. The van der Waals surface area contributed by atoms with E-state index in [4.69, 9.17) is 0 Å². The smallest absolute Gasteiger partial charge is 0.126 e. The number of hydrogen-bond donors (Lipinski definition) is 1. The van der Waals surface area contributed by atoms with Gasteiger partial charge in [0, 0.05) is 12.2 Å². The van der Waals surface area contributed by atoms with Crippen molar-refractivity contribution in [2.24, 2.45) is 5.92 Å². The van der Waals surface area contributed by atoms with E-state index < -0.39 is 0 Å². The lowest BCUT2D eigenvalue weighted by Crippen LogP contribution is -2.04. The van der Waals surface area contributed by atoms with E-state index in [0.717, 1.165) is 11.7 Å². The average Bonchev–Trinajstić information content (AvgIpc) is 2.69. The highest BCUT2D eigenvalue weighted by Crippen LogP contribution is 2.31. The van der Waals surface area contributed by atoms with Crippen LogP contribution >= 0.6 is 0 Å². The molecule has 11 heavy (non-hydrogen) atoms. The second-order valence-electron chi connectivity index (χ2n) is 3.18. The first-order valence-electron chi connectivity index (χ1n) is 4.04. The van der Waals surface area contributed by atoms with Crippen LogP contribution in [0, 0.1) is 5.92 Å². The van der Waals surface area contributed by atoms with Crippen molar-refractivity contribution in [2.45, 2.75) is 19.4 Å². The largest absolute Gasteiger partial charge is 0.367 e. The van der Waals surface area contributed by atoms with E-state index in [9.17, 15) is 0 Å². The molecule has 1 aliphatic carbocycles. The molecule has 0 aromatic carbocycles. The normalized spacial score (nSPS) is 28.1. The molecule has 2 rings (SSSR count). The van der Waals surface area contributed by atoms with Crippen LogP contribution < -0.4 is 5.32 Å². The molecule has 2 atom stereocenters. The van der Waals surface area contributed by atoms with Crippen molar-refractivity contribution in [3.63, 3.8) is 0 Å². The third kappa shape index (κ3) is 1.50. The number of nitrogens with one attached hydrogen (secondary N) is 1. The minimum absolute atomic E-state index is 0.671. The summed E-state index contributed by atoms with van der Waals surface area (Å²) in [5.74, 6) is 1.83. The molecular weight excluding hydrogens is 136 g/mol. The van der Waals surface area contributed by atoms with Gasteiger partial charge in [-0.1, -0.05) is 13.0 Å². The minimum atomic E-state index is 0.671. The van der Waals surface area contributed by atoms with Gasteiger partial charge in [-0.25, -0.2) is 4.98 Å². The van der Waals surface area contributed by atoms with Crippen molar-refractivity contribution in [3.8, 4) is 0 Å². The summed E-state index contributed by atoms with van der Waals surface area (Å²) in [6, 6.07) is 6.61. The Balaban J connectivity index is 1.97. The van der Waals surface area contributed by atoms with Gasteiger partial charge in [0.15, 0.2) is 0 Å². The lowest BCUT2D eigenvalue weighted by Gasteiger charge is -2.01. The van der Waals surface area contributed by atoms with Crippen LogP contribution in [0.4, 0.5) is 5.82 Å². The van der Waals surface area contributed by atoms with Crippen molar-refractivity contribution < 1.29 is 0 Å². The second-order valence-corrected chi connectivity index (χ2v) is 3.18. The fraction of sp³-hybridized carbons (Fsp3) is 0.444. The maximum atomic E-state index is 4.18. The van der Waals surface area contributed by atoms with Gasteiger partial charge < -0.3 is 5.32 Å². The summed E-state index contributed by atoms with van der Waals surface area (Å²) < 4.78 is 0. The van der Waals surface area contributed by atoms with E-state index in [-0.39, 0.29) is 0 Å². The van der Waals surface area contributed by atoms with Crippen molar-refractivity contribution in [1.29, 1.82) is 0 Å². The molecule has 0 amide bonds. The van der Waals surface area contributed by atoms with E-state index >= 15 is 0 Å². The molecule has 1 aromatic rings. The van der Waals surface area contributed by atoms with Crippen LogP contribution in [0.2, 0.25) is 0 Å². The third-order valence-corrected chi connectivity index (χ3v) is 2.11. The average molecular weight is 148 g/mol. The van der Waals surface area contributed by atoms with Crippen LogP contribution in [-0.2, 0) is 0 Å². The molecule has 2 heteroatoms. The molecule has 0 bridgehead atoms. The van der Waals surface area contributed by atoms with Gasteiger partial charge in [0.2, 0.25) is 0 Å². The minimum Gasteiger partial charge on any atom is -0.367 e. The summed E-state index contributed by atoms with van der Waals surface area (Å²) in [5, 5.41) is 3.35. The first kappa shape index (κ1) is 6.65. The SMILES string of the molecule is CC1CC1Nc1ccccn1. The number of anilines is 1. The second kappa shape index (κ2) is 2.53. The number of pyridine rings is 1. The van der Waals surface area contributed by atoms with Gasteiger partial charge in [-0.2, -0.15) is 0 Å². The molecule has 0 spiro atoms. The summed E-state index contributed by atoms with van der Waals surface area (Å²) in [5.41, 5.74) is 0. The molecule has 1 N–H and O–H groups in total. The van der Waals surface area contributed by atoms with Crippen LogP contribution in [0.1, 0.15) is 13.3 Å². The molecule has 58 valence electrons. The highest BCUT2D eigenvalue weighted by molar-refractivity contribution is 5.36. The highest BCUT2D eigenvalue weighted by Gasteiger charge is 2.32. The van der Waals surface area contributed by atoms with E-state index in [1.807, 2.05) is 24.4 Å². The van der Waals surface area contributed by atoms with Crippen molar-refractivity contribution in [1.82, 2.24) is 4.98 Å². The third-order valence-electron chi connectivity index (χ3n) is 2.11. The van der Waals surface area contributed by atoms with Gasteiger partial charge in [0.1, 0.15) is 5.82 Å². The molecule has 2 unspecified atom stereocenters. The van der Waals surface area contributed by atoms with E-state index in [0.29, 0.717) is 6.04 Å². The number of rotatable bonds is 2. The number of hydrogen-bond acceptors (Lipinski definition) is 2. The first-order valence-corrected chi connectivity index (χ1v) is 4.04. The summed E-state index contributed by atoms with van der Waals surface area (Å²) in [6.45, 7) is 2.25. The zero-order valence-electron chi connectivity index (χ0n) is 6.62. The molecule has 1 saturated carbocycles. The van der Waals surface area contributed by atoms with Gasteiger partial charge in [0.05, 0.1) is 0 Å². The maximum Gasteiger partial charge on any atom is 0.126 e. The zero-order valence-corrected chi connectivity index (χ0v) is 6.62. The molecule has 0 saturated heterocycles. The zero-order chi connectivity index (χ0) is 7.68. The topological polar surface area (TPSA) is 24.9 Å². The Morgan fingerprint density at radius 2 is 2.36 bits per heavy atom. The molecule has 1 aromatic heterocycles. The molecule has 1 heterocycles. The van der Waals surface area contributed by atoms with Crippen LogP contribution in [0.3, 0.4) is 0 Å². The molecule has 0 radical (unpaired) electrons. The molecule has 1 aliphatic rings. The van der Waals surface area contributed by atoms with E-state index in [1.165, 1.54) is 6.42 Å². The quantitative estimate of drug-likeness (QED) is 0.693. The summed E-state index contributed by atoms with van der Waals surface area (Å²) in [4.78, 5) is 4.18. The fourth-order valence-corrected chi connectivity index (χ4v) is 1.16. The highest BCUT2D eigenvalue weighted by atomic mass is 15.0. The Kier molecular flexibility index (Phi) is 1.53. The van der Waals surface area contributed by atoms with Crippen molar-refractivity contribution in [2.75, 3.05) is 5.32 Å². The van der Waals surface area contributed by atoms with Crippen LogP contribution in [0.15, 0.2) is 24.4 Å². The van der Waals surface area contributed by atoms with Crippen LogP contribution in [0.25, 0.3) is 0 Å². The lowest BCUT2D eigenvalue weighted by atomic mass is 10.4. The number of nitrogens with zero attached hydrogens (tertiary/aromatic N) is 1. The van der Waals surface area contributed by atoms with Crippen LogP contribution in [0.5, 0.6) is 0 Å². The standard InChI is InChI=1S/C9H12N2/c1-7-6-8(7)11-9-4-2-3-5-10-9/h2-5,7-8H,6H2,1H3,(H,10,11). The van der Waals surface area contributed by atoms with Gasteiger partial charge >= 0.3 is 0 Å². The predicted octanol–water partition coefficient (Wildman–Crippen LogP) is 1.90. The van der Waals surface area contributed by atoms with Gasteiger partial charge in [-0.15, -0.1) is 0 Å². The Labute approximate surface area is 66.7 Å². The van der Waals surface area contributed by atoms with E-state index in [2.05, 4.69) is 17.2 Å².